The van der Waals surface area contributed by atoms with Gasteiger partial charge >= 0.3 is 0 Å². The number of sulfonamides is 1. The molecule has 0 spiro atoms. The van der Waals surface area contributed by atoms with E-state index in [9.17, 15) is 13.2 Å². The highest BCUT2D eigenvalue weighted by Crippen LogP contribution is 2.27. The first-order valence-corrected chi connectivity index (χ1v) is 14.1. The summed E-state index contributed by atoms with van der Waals surface area (Å²) in [6.45, 7) is 4.28. The van der Waals surface area contributed by atoms with Crippen LogP contribution in [-0.4, -0.2) is 34.0 Å². The Morgan fingerprint density at radius 2 is 1.75 bits per heavy atom. The molecule has 3 aromatic carbocycles. The number of carbonyl (C=O) groups excluding carboxylic acids is 1. The Labute approximate surface area is 222 Å². The maximum absolute atomic E-state index is 13.4. The zero-order valence-corrected chi connectivity index (χ0v) is 22.4. The molecule has 1 heterocycles. The Kier molecular flexibility index (Phi) is 8.44. The number of rotatable bonds is 8. The van der Waals surface area contributed by atoms with Gasteiger partial charge in [0.05, 0.1) is 10.6 Å². The number of amides is 1. The van der Waals surface area contributed by atoms with Crippen LogP contribution >= 0.6 is 23.2 Å². The minimum absolute atomic E-state index is 0.0299. The summed E-state index contributed by atoms with van der Waals surface area (Å²) in [7, 11) is -4.04. The molecule has 6 nitrogen and oxygen atoms in total. The molecule has 1 unspecified atom stereocenters. The summed E-state index contributed by atoms with van der Waals surface area (Å²) >= 11 is 12.0. The van der Waals surface area contributed by atoms with Crippen molar-refractivity contribution in [2.75, 3.05) is 28.8 Å². The van der Waals surface area contributed by atoms with E-state index >= 15 is 0 Å². The number of carbonyl (C=O) groups is 1. The maximum atomic E-state index is 13.4. The van der Waals surface area contributed by atoms with Crippen molar-refractivity contribution in [3.8, 4) is 0 Å². The fourth-order valence-corrected chi connectivity index (χ4v) is 6.04. The second-order valence-corrected chi connectivity index (χ2v) is 11.8. The summed E-state index contributed by atoms with van der Waals surface area (Å²) in [4.78, 5) is 15.3. The van der Waals surface area contributed by atoms with Crippen molar-refractivity contribution in [3.05, 3.63) is 88.4 Å². The molecular weight excluding hydrogens is 517 g/mol. The number of benzene rings is 3. The van der Waals surface area contributed by atoms with E-state index in [1.54, 1.807) is 18.2 Å². The number of nitrogens with one attached hydrogen (secondary N) is 1. The second-order valence-electron chi connectivity index (χ2n) is 9.08. The van der Waals surface area contributed by atoms with Crippen molar-refractivity contribution in [1.29, 1.82) is 0 Å². The zero-order chi connectivity index (χ0) is 25.7. The molecule has 1 atom stereocenters. The molecule has 1 aliphatic rings. The van der Waals surface area contributed by atoms with Crippen LogP contribution in [0.2, 0.25) is 10.0 Å². The van der Waals surface area contributed by atoms with Crippen molar-refractivity contribution < 1.29 is 13.2 Å². The summed E-state index contributed by atoms with van der Waals surface area (Å²) in [6, 6.07) is 20.4. The summed E-state index contributed by atoms with van der Waals surface area (Å²) in [5.41, 5.74) is 2.41. The van der Waals surface area contributed by atoms with Gasteiger partial charge in [-0.15, -0.1) is 0 Å². The fourth-order valence-electron chi connectivity index (χ4n) is 4.32. The average Bonchev–Trinajstić information content (AvgIpc) is 2.86. The molecule has 0 saturated carbocycles. The summed E-state index contributed by atoms with van der Waals surface area (Å²) in [5, 5.41) is 3.63. The lowest BCUT2D eigenvalue weighted by atomic mass is 9.99. The van der Waals surface area contributed by atoms with Gasteiger partial charge in [0.15, 0.2) is 0 Å². The van der Waals surface area contributed by atoms with E-state index in [4.69, 9.17) is 23.2 Å². The van der Waals surface area contributed by atoms with Crippen molar-refractivity contribution in [2.45, 2.75) is 31.2 Å². The van der Waals surface area contributed by atoms with Crippen LogP contribution in [0.3, 0.4) is 0 Å². The summed E-state index contributed by atoms with van der Waals surface area (Å²) in [6.07, 6.45) is 2.46. The molecule has 0 aliphatic carbocycles. The molecule has 3 aromatic rings. The number of piperidine rings is 1. The van der Waals surface area contributed by atoms with Crippen LogP contribution in [0.5, 0.6) is 0 Å². The summed E-state index contributed by atoms with van der Waals surface area (Å²) in [5.74, 6) is 0.255. The van der Waals surface area contributed by atoms with E-state index in [1.807, 2.05) is 12.1 Å². The monoisotopic (exact) mass is 545 g/mol. The molecule has 9 heteroatoms. The zero-order valence-electron chi connectivity index (χ0n) is 20.0. The maximum Gasteiger partial charge on any atom is 0.264 e. The van der Waals surface area contributed by atoms with E-state index in [-0.39, 0.29) is 4.90 Å². The third-order valence-corrected chi connectivity index (χ3v) is 8.51. The first-order valence-electron chi connectivity index (χ1n) is 11.9. The molecule has 1 saturated heterocycles. The first kappa shape index (κ1) is 26.3. The molecule has 190 valence electrons. The van der Waals surface area contributed by atoms with Crippen LogP contribution in [0.15, 0.2) is 77.7 Å². The first-order chi connectivity index (χ1) is 17.2. The van der Waals surface area contributed by atoms with Crippen LogP contribution in [0, 0.1) is 5.92 Å². The highest BCUT2D eigenvalue weighted by atomic mass is 35.5. The molecule has 0 bridgehead atoms. The Bertz CT molecular complexity index is 1300. The van der Waals surface area contributed by atoms with Crippen LogP contribution in [-0.2, 0) is 21.4 Å². The average molecular weight is 547 g/mol. The summed E-state index contributed by atoms with van der Waals surface area (Å²) < 4.78 is 27.9. The van der Waals surface area contributed by atoms with Gasteiger partial charge in [-0.3, -0.25) is 9.10 Å². The smallest absolute Gasteiger partial charge is 0.264 e. The van der Waals surface area contributed by atoms with Gasteiger partial charge in [0, 0.05) is 35.4 Å². The van der Waals surface area contributed by atoms with Crippen molar-refractivity contribution in [1.82, 2.24) is 5.32 Å². The lowest BCUT2D eigenvalue weighted by Crippen LogP contribution is -2.40. The number of nitrogens with zero attached hydrogens (tertiary/aromatic N) is 2. The molecular formula is C27H29Cl2N3O3S. The quantitative estimate of drug-likeness (QED) is 0.391. The largest absolute Gasteiger partial charge is 0.371 e. The predicted molar refractivity (Wildman–Crippen MR) is 146 cm³/mol. The molecule has 1 amide bonds. The minimum Gasteiger partial charge on any atom is -0.371 e. The van der Waals surface area contributed by atoms with Crippen LogP contribution in [0.25, 0.3) is 0 Å². The number of halogens is 2. The van der Waals surface area contributed by atoms with Crippen LogP contribution in [0.4, 0.5) is 11.4 Å². The van der Waals surface area contributed by atoms with Gasteiger partial charge in [-0.25, -0.2) is 8.42 Å². The fraction of sp³-hybridized carbons (Fsp3) is 0.296. The second kappa shape index (κ2) is 11.5. The van der Waals surface area contributed by atoms with E-state index in [2.05, 4.69) is 29.3 Å². The van der Waals surface area contributed by atoms with E-state index in [0.29, 0.717) is 28.2 Å². The van der Waals surface area contributed by atoms with Gasteiger partial charge < -0.3 is 10.2 Å². The normalized spacial score (nSPS) is 16.0. The Hall–Kier alpha value is -2.74. The highest BCUT2D eigenvalue weighted by Gasteiger charge is 2.27. The molecule has 1 fully saturated rings. The predicted octanol–water partition coefficient (Wildman–Crippen LogP) is 5.74. The number of hydrogen-bond donors (Lipinski definition) is 1. The molecule has 1 N–H and O–H groups in total. The topological polar surface area (TPSA) is 69.7 Å². The third kappa shape index (κ3) is 6.52. The molecule has 1 aliphatic heterocycles. The van der Waals surface area contributed by atoms with Crippen molar-refractivity contribution in [2.24, 2.45) is 5.92 Å². The molecule has 0 aromatic heterocycles. The highest BCUT2D eigenvalue weighted by molar-refractivity contribution is 7.92. The Morgan fingerprint density at radius 3 is 2.42 bits per heavy atom. The SMILES string of the molecule is CC1CCCN(c2ccc(CNC(=O)CN(c3cccc(Cl)c3)S(=O)(=O)c3ccc(Cl)cc3)cc2)C1. The van der Waals surface area contributed by atoms with Crippen LogP contribution < -0.4 is 14.5 Å². The van der Waals surface area contributed by atoms with Gasteiger partial charge in [-0.05, 0) is 78.9 Å². The molecule has 4 rings (SSSR count). The van der Waals surface area contributed by atoms with E-state index in [0.717, 1.165) is 23.0 Å². The third-order valence-electron chi connectivity index (χ3n) is 6.23. The van der Waals surface area contributed by atoms with Gasteiger partial charge in [-0.2, -0.15) is 0 Å². The lowest BCUT2D eigenvalue weighted by molar-refractivity contribution is -0.119. The van der Waals surface area contributed by atoms with Crippen molar-refractivity contribution in [3.63, 3.8) is 0 Å². The Balaban J connectivity index is 1.46. The van der Waals surface area contributed by atoms with Crippen LogP contribution in [0.1, 0.15) is 25.3 Å². The van der Waals surface area contributed by atoms with Gasteiger partial charge in [0.25, 0.3) is 10.0 Å². The lowest BCUT2D eigenvalue weighted by Gasteiger charge is -2.32. The molecule has 36 heavy (non-hydrogen) atoms. The van der Waals surface area contributed by atoms with Crippen molar-refractivity contribution >= 4 is 50.5 Å². The van der Waals surface area contributed by atoms with Gasteiger partial charge in [0.2, 0.25) is 5.91 Å². The number of anilines is 2. The molecule has 0 radical (unpaired) electrons. The van der Waals surface area contributed by atoms with E-state index < -0.39 is 22.5 Å². The Morgan fingerprint density at radius 1 is 1.03 bits per heavy atom. The van der Waals surface area contributed by atoms with Gasteiger partial charge in [-0.1, -0.05) is 48.3 Å². The van der Waals surface area contributed by atoms with Gasteiger partial charge in [0.1, 0.15) is 6.54 Å². The minimum atomic E-state index is -4.04. The van der Waals surface area contributed by atoms with E-state index in [1.165, 1.54) is 48.9 Å². The number of hydrogen-bond acceptors (Lipinski definition) is 4. The standard InChI is InChI=1S/C27H29Cl2N3O3S/c1-20-4-3-15-31(18-20)24-11-7-21(8-12-24)17-30-27(33)19-32(25-6-2-5-23(29)16-25)36(34,35)26-13-9-22(28)10-14-26/h2,5-14,16,20H,3-4,15,17-19H2,1H3,(H,30,33).